The fraction of sp³-hybridized carbons (Fsp3) is 0.222. The van der Waals surface area contributed by atoms with Gasteiger partial charge >= 0.3 is 0 Å². The molecule has 0 atom stereocenters. The Bertz CT molecular complexity index is 882. The molecule has 1 heterocycles. The Labute approximate surface area is 144 Å². The summed E-state index contributed by atoms with van der Waals surface area (Å²) in [6.45, 7) is 3.93. The van der Waals surface area contributed by atoms with Crippen LogP contribution in [0.4, 0.5) is 4.39 Å². The van der Waals surface area contributed by atoms with Gasteiger partial charge in [0, 0.05) is 17.0 Å². The number of hydrogen-bond donors (Lipinski definition) is 0. The van der Waals surface area contributed by atoms with Crippen LogP contribution in [0.3, 0.4) is 0 Å². The second-order valence-corrected chi connectivity index (χ2v) is 5.89. The molecule has 1 aromatic heterocycles. The number of nitrogens with zero attached hydrogens (tertiary/aromatic N) is 2. The molecular formula is C18H16ClFN2O2. The van der Waals surface area contributed by atoms with E-state index in [9.17, 15) is 4.39 Å². The van der Waals surface area contributed by atoms with Gasteiger partial charge in [-0.25, -0.2) is 14.4 Å². The van der Waals surface area contributed by atoms with Crippen molar-refractivity contribution in [3.8, 4) is 22.9 Å². The van der Waals surface area contributed by atoms with Crippen molar-refractivity contribution in [2.45, 2.75) is 20.0 Å². The van der Waals surface area contributed by atoms with Crippen LogP contribution in [0.5, 0.6) is 11.5 Å². The summed E-state index contributed by atoms with van der Waals surface area (Å²) >= 11 is 6.20. The Hall–Kier alpha value is -2.40. The Morgan fingerprint density at radius 3 is 2.42 bits per heavy atom. The van der Waals surface area contributed by atoms with Gasteiger partial charge in [0.25, 0.3) is 0 Å². The summed E-state index contributed by atoms with van der Waals surface area (Å²) in [6, 6.07) is 10.2. The quantitative estimate of drug-likeness (QED) is 0.631. The molecule has 0 bridgehead atoms. The SMILES string of the molecule is COc1cc2nc(-c3ccc(OC(C)C)cc3)nc(Cl)c2cc1F. The van der Waals surface area contributed by atoms with Crippen molar-refractivity contribution in [2.24, 2.45) is 0 Å². The van der Waals surface area contributed by atoms with Crippen LogP contribution in [-0.4, -0.2) is 23.2 Å². The molecule has 124 valence electrons. The van der Waals surface area contributed by atoms with Gasteiger partial charge in [0.15, 0.2) is 17.4 Å². The van der Waals surface area contributed by atoms with Gasteiger partial charge in [-0.05, 0) is 44.2 Å². The maximum absolute atomic E-state index is 13.8. The number of methoxy groups -OCH3 is 1. The topological polar surface area (TPSA) is 44.2 Å². The zero-order valence-corrected chi connectivity index (χ0v) is 14.3. The number of fused-ring (bicyclic) bond motifs is 1. The zero-order valence-electron chi connectivity index (χ0n) is 13.5. The van der Waals surface area contributed by atoms with Crippen LogP contribution in [0, 0.1) is 5.82 Å². The van der Waals surface area contributed by atoms with E-state index < -0.39 is 5.82 Å². The molecule has 3 rings (SSSR count). The number of aromatic nitrogens is 2. The van der Waals surface area contributed by atoms with Crippen LogP contribution in [-0.2, 0) is 0 Å². The summed E-state index contributed by atoms with van der Waals surface area (Å²) in [4.78, 5) is 8.73. The van der Waals surface area contributed by atoms with Crippen molar-refractivity contribution in [1.82, 2.24) is 9.97 Å². The minimum Gasteiger partial charge on any atom is -0.494 e. The van der Waals surface area contributed by atoms with E-state index in [1.165, 1.54) is 19.2 Å². The maximum atomic E-state index is 13.8. The molecule has 6 heteroatoms. The van der Waals surface area contributed by atoms with E-state index in [2.05, 4.69) is 9.97 Å². The second kappa shape index (κ2) is 6.61. The smallest absolute Gasteiger partial charge is 0.165 e. The van der Waals surface area contributed by atoms with Crippen molar-refractivity contribution < 1.29 is 13.9 Å². The number of ether oxygens (including phenoxy) is 2. The molecule has 3 aromatic rings. The van der Waals surface area contributed by atoms with Gasteiger partial charge in [-0.15, -0.1) is 0 Å². The Balaban J connectivity index is 2.05. The van der Waals surface area contributed by atoms with Gasteiger partial charge in [0.05, 0.1) is 18.7 Å². The first-order valence-corrected chi connectivity index (χ1v) is 7.83. The first-order valence-electron chi connectivity index (χ1n) is 7.46. The van der Waals surface area contributed by atoms with Crippen molar-refractivity contribution in [2.75, 3.05) is 7.11 Å². The normalized spacial score (nSPS) is 11.1. The number of benzene rings is 2. The summed E-state index contributed by atoms with van der Waals surface area (Å²) in [5.41, 5.74) is 1.31. The highest BCUT2D eigenvalue weighted by atomic mass is 35.5. The Morgan fingerprint density at radius 2 is 1.79 bits per heavy atom. The van der Waals surface area contributed by atoms with Gasteiger partial charge in [0.1, 0.15) is 10.9 Å². The molecule has 0 spiro atoms. The highest BCUT2D eigenvalue weighted by Gasteiger charge is 2.12. The molecule has 2 aromatic carbocycles. The van der Waals surface area contributed by atoms with E-state index >= 15 is 0 Å². The molecule has 0 aliphatic rings. The van der Waals surface area contributed by atoms with Crippen LogP contribution < -0.4 is 9.47 Å². The van der Waals surface area contributed by atoms with E-state index in [1.54, 1.807) is 0 Å². The number of rotatable bonds is 4. The van der Waals surface area contributed by atoms with E-state index in [0.29, 0.717) is 16.7 Å². The second-order valence-electron chi connectivity index (χ2n) is 5.53. The maximum Gasteiger partial charge on any atom is 0.165 e. The van der Waals surface area contributed by atoms with Gasteiger partial charge in [-0.1, -0.05) is 11.6 Å². The van der Waals surface area contributed by atoms with Crippen LogP contribution in [0.15, 0.2) is 36.4 Å². The molecule has 0 aliphatic carbocycles. The third-order valence-electron chi connectivity index (χ3n) is 3.41. The van der Waals surface area contributed by atoms with E-state index in [0.717, 1.165) is 11.3 Å². The molecule has 0 amide bonds. The van der Waals surface area contributed by atoms with E-state index in [4.69, 9.17) is 21.1 Å². The highest BCUT2D eigenvalue weighted by molar-refractivity contribution is 6.34. The average molecular weight is 347 g/mol. The van der Waals surface area contributed by atoms with Gasteiger partial charge in [-0.2, -0.15) is 0 Å². The summed E-state index contributed by atoms with van der Waals surface area (Å²) in [7, 11) is 1.40. The van der Waals surface area contributed by atoms with Gasteiger partial charge in [0.2, 0.25) is 0 Å². The molecule has 0 unspecified atom stereocenters. The minimum atomic E-state index is -0.501. The summed E-state index contributed by atoms with van der Waals surface area (Å²) in [5, 5.41) is 0.637. The molecular weight excluding hydrogens is 331 g/mol. The molecule has 0 fully saturated rings. The van der Waals surface area contributed by atoms with Crippen LogP contribution in [0.2, 0.25) is 5.15 Å². The first kappa shape index (κ1) is 16.5. The average Bonchev–Trinajstić information content (AvgIpc) is 2.55. The van der Waals surface area contributed by atoms with Crippen molar-refractivity contribution in [3.63, 3.8) is 0 Å². The van der Waals surface area contributed by atoms with Crippen LogP contribution in [0.25, 0.3) is 22.3 Å². The third kappa shape index (κ3) is 3.26. The first-order chi connectivity index (χ1) is 11.5. The zero-order chi connectivity index (χ0) is 17.3. The fourth-order valence-electron chi connectivity index (χ4n) is 2.33. The number of halogens is 2. The molecule has 24 heavy (non-hydrogen) atoms. The Morgan fingerprint density at radius 1 is 1.08 bits per heavy atom. The molecule has 0 radical (unpaired) electrons. The van der Waals surface area contributed by atoms with Gasteiger partial charge < -0.3 is 9.47 Å². The standard InChI is InChI=1S/C18H16ClFN2O2/c1-10(2)24-12-6-4-11(5-7-12)18-21-15-9-16(23-3)14(20)8-13(15)17(19)22-18/h4-10H,1-3H3. The lowest BCUT2D eigenvalue weighted by molar-refractivity contribution is 0.242. The molecule has 4 nitrogen and oxygen atoms in total. The van der Waals surface area contributed by atoms with Gasteiger partial charge in [-0.3, -0.25) is 0 Å². The van der Waals surface area contributed by atoms with Crippen LogP contribution in [0.1, 0.15) is 13.8 Å². The predicted octanol–water partition coefficient (Wildman–Crippen LogP) is 4.89. The molecule has 0 saturated heterocycles. The Kier molecular flexibility index (Phi) is 4.53. The number of hydrogen-bond acceptors (Lipinski definition) is 4. The molecule has 0 saturated carbocycles. The third-order valence-corrected chi connectivity index (χ3v) is 3.70. The lowest BCUT2D eigenvalue weighted by Gasteiger charge is -2.10. The monoisotopic (exact) mass is 346 g/mol. The van der Waals surface area contributed by atoms with E-state index in [-0.39, 0.29) is 17.0 Å². The van der Waals surface area contributed by atoms with Crippen molar-refractivity contribution in [3.05, 3.63) is 47.4 Å². The molecule has 0 N–H and O–H groups in total. The van der Waals surface area contributed by atoms with Crippen LogP contribution >= 0.6 is 11.6 Å². The highest BCUT2D eigenvalue weighted by Crippen LogP contribution is 2.30. The minimum absolute atomic E-state index is 0.101. The summed E-state index contributed by atoms with van der Waals surface area (Å²) < 4.78 is 24.4. The fourth-order valence-corrected chi connectivity index (χ4v) is 2.56. The van der Waals surface area contributed by atoms with Crippen molar-refractivity contribution >= 4 is 22.5 Å². The predicted molar refractivity (Wildman–Crippen MR) is 92.3 cm³/mol. The van der Waals surface area contributed by atoms with E-state index in [1.807, 2.05) is 38.1 Å². The summed E-state index contributed by atoms with van der Waals surface area (Å²) in [6.07, 6.45) is 0.101. The lowest BCUT2D eigenvalue weighted by atomic mass is 10.2. The largest absolute Gasteiger partial charge is 0.494 e. The van der Waals surface area contributed by atoms with Crippen molar-refractivity contribution in [1.29, 1.82) is 0 Å². The molecule has 0 aliphatic heterocycles. The lowest BCUT2D eigenvalue weighted by Crippen LogP contribution is -2.05. The summed E-state index contributed by atoms with van der Waals surface area (Å²) in [5.74, 6) is 0.837.